The number of aryl methyl sites for hydroxylation is 1. The fourth-order valence-corrected chi connectivity index (χ4v) is 5.59. The Morgan fingerprint density at radius 1 is 1.21 bits per heavy atom. The van der Waals surface area contributed by atoms with E-state index in [1.807, 2.05) is 11.1 Å². The van der Waals surface area contributed by atoms with E-state index in [2.05, 4.69) is 11.1 Å². The van der Waals surface area contributed by atoms with Crippen molar-refractivity contribution in [2.24, 2.45) is 11.0 Å². The zero-order valence-corrected chi connectivity index (χ0v) is 19.7. The van der Waals surface area contributed by atoms with Crippen LogP contribution in [0.2, 0.25) is 0 Å². The number of hydrogen-bond donors (Lipinski definition) is 0. The highest BCUT2D eigenvalue weighted by Gasteiger charge is 2.37. The Hall–Kier alpha value is -3.25. The van der Waals surface area contributed by atoms with Crippen molar-refractivity contribution in [3.8, 4) is 6.07 Å². The van der Waals surface area contributed by atoms with Crippen LogP contribution in [0.3, 0.4) is 0 Å². The molecule has 1 aliphatic carbocycles. The molecule has 2 aromatic rings. The SMILES string of the molecule is COC(=O)c1cc(C2=NN(c3ccc(C#N)c(C)n3)[C@@H](C3CCCC3)C2)ccc1S(C)(=O)=O. The number of rotatable bonds is 5. The van der Waals surface area contributed by atoms with Gasteiger partial charge in [-0.15, -0.1) is 0 Å². The van der Waals surface area contributed by atoms with E-state index in [1.54, 1.807) is 25.1 Å². The van der Waals surface area contributed by atoms with Crippen LogP contribution >= 0.6 is 0 Å². The van der Waals surface area contributed by atoms with Crippen LogP contribution in [-0.4, -0.2) is 44.5 Å². The first-order valence-corrected chi connectivity index (χ1v) is 12.8. The van der Waals surface area contributed by atoms with Gasteiger partial charge >= 0.3 is 5.97 Å². The van der Waals surface area contributed by atoms with Gasteiger partial charge in [0.25, 0.3) is 0 Å². The Balaban J connectivity index is 1.77. The molecule has 0 amide bonds. The number of nitriles is 1. The Morgan fingerprint density at radius 3 is 2.55 bits per heavy atom. The molecule has 1 aromatic heterocycles. The normalized spacial score (nSPS) is 18.8. The quantitative estimate of drug-likeness (QED) is 0.618. The van der Waals surface area contributed by atoms with Gasteiger partial charge in [0.2, 0.25) is 0 Å². The van der Waals surface area contributed by atoms with E-state index in [0.29, 0.717) is 35.0 Å². The number of hydrazone groups is 1. The number of esters is 1. The molecule has 0 bridgehead atoms. The molecule has 1 aromatic carbocycles. The predicted molar refractivity (Wildman–Crippen MR) is 124 cm³/mol. The molecule has 4 rings (SSSR count). The van der Waals surface area contributed by atoms with Gasteiger partial charge < -0.3 is 4.74 Å². The van der Waals surface area contributed by atoms with Gasteiger partial charge in [-0.1, -0.05) is 18.9 Å². The Bertz CT molecular complexity index is 1270. The molecule has 172 valence electrons. The molecule has 33 heavy (non-hydrogen) atoms. The van der Waals surface area contributed by atoms with Crippen LogP contribution in [-0.2, 0) is 14.6 Å². The highest BCUT2D eigenvalue weighted by Crippen LogP contribution is 2.38. The second-order valence-corrected chi connectivity index (χ2v) is 10.6. The number of pyridine rings is 1. The lowest BCUT2D eigenvalue weighted by molar-refractivity contribution is 0.0596. The van der Waals surface area contributed by atoms with E-state index in [4.69, 9.17) is 9.84 Å². The summed E-state index contributed by atoms with van der Waals surface area (Å²) in [6.45, 7) is 1.81. The Morgan fingerprint density at radius 2 is 1.94 bits per heavy atom. The fraction of sp³-hybridized carbons (Fsp3) is 0.417. The smallest absolute Gasteiger partial charge is 0.339 e. The zero-order chi connectivity index (χ0) is 23.8. The van der Waals surface area contributed by atoms with Crippen molar-refractivity contribution in [3.05, 3.63) is 52.7 Å². The van der Waals surface area contributed by atoms with Crippen molar-refractivity contribution in [3.63, 3.8) is 0 Å². The number of hydrogen-bond acceptors (Lipinski definition) is 8. The van der Waals surface area contributed by atoms with Gasteiger partial charge in [0.1, 0.15) is 11.9 Å². The number of benzene rings is 1. The third kappa shape index (κ3) is 4.48. The summed E-state index contributed by atoms with van der Waals surface area (Å²) in [5, 5.41) is 16.1. The summed E-state index contributed by atoms with van der Waals surface area (Å²) in [7, 11) is -2.38. The lowest BCUT2D eigenvalue weighted by atomic mass is 9.92. The molecule has 0 N–H and O–H groups in total. The second-order valence-electron chi connectivity index (χ2n) is 8.60. The van der Waals surface area contributed by atoms with Gasteiger partial charge in [-0.05, 0) is 55.5 Å². The fourth-order valence-electron chi connectivity index (χ4n) is 4.73. The molecule has 9 heteroatoms. The summed E-state index contributed by atoms with van der Waals surface area (Å²) in [5.41, 5.74) is 2.62. The standard InChI is InChI=1S/C24H26N4O4S/c1-15-18(14-25)9-11-23(26-15)28-21(16-6-4-5-7-16)13-20(27-28)17-8-10-22(33(3,30)31)19(12-17)24(29)32-2/h8-12,16,21H,4-7,13H2,1-3H3/t21-/m1/s1. The van der Waals surface area contributed by atoms with Crippen molar-refractivity contribution in [2.75, 3.05) is 18.4 Å². The summed E-state index contributed by atoms with van der Waals surface area (Å²) in [6, 6.07) is 10.5. The van der Waals surface area contributed by atoms with Crippen LogP contribution in [0.1, 0.15) is 59.3 Å². The first-order chi connectivity index (χ1) is 15.7. The maximum Gasteiger partial charge on any atom is 0.339 e. The van der Waals surface area contributed by atoms with Crippen molar-refractivity contribution >= 4 is 27.3 Å². The van der Waals surface area contributed by atoms with Crippen LogP contribution in [0.5, 0.6) is 0 Å². The lowest BCUT2D eigenvalue weighted by Gasteiger charge is -2.27. The number of anilines is 1. The van der Waals surface area contributed by atoms with Crippen molar-refractivity contribution in [2.45, 2.75) is 50.0 Å². The predicted octanol–water partition coefficient (Wildman–Crippen LogP) is 3.63. The van der Waals surface area contributed by atoms with E-state index < -0.39 is 15.8 Å². The minimum atomic E-state index is -3.61. The van der Waals surface area contributed by atoms with Crippen molar-refractivity contribution in [1.29, 1.82) is 5.26 Å². The molecular weight excluding hydrogens is 440 g/mol. The maximum absolute atomic E-state index is 12.3. The summed E-state index contributed by atoms with van der Waals surface area (Å²) >= 11 is 0. The minimum absolute atomic E-state index is 0.00316. The van der Waals surface area contributed by atoms with Crippen LogP contribution in [0, 0.1) is 24.2 Å². The van der Waals surface area contributed by atoms with Gasteiger partial charge in [-0.25, -0.2) is 23.2 Å². The molecule has 0 saturated heterocycles. The zero-order valence-electron chi connectivity index (χ0n) is 18.9. The summed E-state index contributed by atoms with van der Waals surface area (Å²) in [5.74, 6) is 0.433. The van der Waals surface area contributed by atoms with Crippen LogP contribution in [0.4, 0.5) is 5.82 Å². The van der Waals surface area contributed by atoms with Crippen LogP contribution < -0.4 is 5.01 Å². The number of methoxy groups -OCH3 is 1. The topological polar surface area (TPSA) is 113 Å². The molecular formula is C24H26N4O4S. The van der Waals surface area contributed by atoms with Crippen molar-refractivity contribution < 1.29 is 17.9 Å². The number of sulfone groups is 1. The molecule has 8 nitrogen and oxygen atoms in total. The van der Waals surface area contributed by atoms with E-state index in [1.165, 1.54) is 26.0 Å². The molecule has 0 unspecified atom stereocenters. The van der Waals surface area contributed by atoms with Gasteiger partial charge in [0.15, 0.2) is 9.84 Å². The van der Waals surface area contributed by atoms with Crippen LogP contribution in [0.25, 0.3) is 0 Å². The average molecular weight is 467 g/mol. The molecule has 1 aliphatic heterocycles. The van der Waals surface area contributed by atoms with E-state index in [0.717, 1.165) is 24.8 Å². The maximum atomic E-state index is 12.3. The molecule has 1 atom stereocenters. The molecule has 1 fully saturated rings. The molecule has 2 heterocycles. The van der Waals surface area contributed by atoms with Gasteiger partial charge in [0.05, 0.1) is 40.6 Å². The number of ether oxygens (including phenoxy) is 1. The van der Waals surface area contributed by atoms with Crippen LogP contribution in [0.15, 0.2) is 40.3 Å². The van der Waals surface area contributed by atoms with E-state index in [9.17, 15) is 18.5 Å². The highest BCUT2D eigenvalue weighted by molar-refractivity contribution is 7.90. The monoisotopic (exact) mass is 466 g/mol. The van der Waals surface area contributed by atoms with E-state index >= 15 is 0 Å². The third-order valence-corrected chi connectivity index (χ3v) is 7.59. The Labute approximate surface area is 193 Å². The Kier molecular flexibility index (Phi) is 6.21. The molecule has 0 spiro atoms. The van der Waals surface area contributed by atoms with Gasteiger partial charge in [0, 0.05) is 12.7 Å². The molecule has 0 radical (unpaired) electrons. The number of carbonyl (C=O) groups is 1. The van der Waals surface area contributed by atoms with Crippen molar-refractivity contribution in [1.82, 2.24) is 4.98 Å². The minimum Gasteiger partial charge on any atom is -0.465 e. The highest BCUT2D eigenvalue weighted by atomic mass is 32.2. The third-order valence-electron chi connectivity index (χ3n) is 6.43. The molecule has 2 aliphatic rings. The summed E-state index contributed by atoms with van der Waals surface area (Å²) < 4.78 is 29.2. The second kappa shape index (κ2) is 8.94. The lowest BCUT2D eigenvalue weighted by Crippen LogP contribution is -2.33. The number of aromatic nitrogens is 1. The largest absolute Gasteiger partial charge is 0.465 e. The van der Waals surface area contributed by atoms with Gasteiger partial charge in [-0.2, -0.15) is 10.4 Å². The van der Waals surface area contributed by atoms with Gasteiger partial charge in [-0.3, -0.25) is 0 Å². The molecule has 1 saturated carbocycles. The van der Waals surface area contributed by atoms with E-state index in [-0.39, 0.29) is 16.5 Å². The average Bonchev–Trinajstić information content (AvgIpc) is 3.47. The number of carbonyl (C=O) groups excluding carboxylic acids is 1. The first-order valence-electron chi connectivity index (χ1n) is 10.9. The first kappa shape index (κ1) is 22.9. The summed E-state index contributed by atoms with van der Waals surface area (Å²) in [6.07, 6.45) is 6.31. The number of nitrogens with zero attached hydrogens (tertiary/aromatic N) is 4. The summed E-state index contributed by atoms with van der Waals surface area (Å²) in [4.78, 5) is 16.9.